The van der Waals surface area contributed by atoms with Gasteiger partial charge in [-0.1, -0.05) is 31.5 Å². The third kappa shape index (κ3) is 4.01. The van der Waals surface area contributed by atoms with Gasteiger partial charge in [0, 0.05) is 6.04 Å². The highest BCUT2D eigenvalue weighted by Crippen LogP contribution is 2.16. The minimum Gasteiger partial charge on any atom is -0.308 e. The van der Waals surface area contributed by atoms with Crippen molar-refractivity contribution in [3.8, 4) is 0 Å². The summed E-state index contributed by atoms with van der Waals surface area (Å²) in [4.78, 5) is 4.19. The molecule has 0 atom stereocenters. The highest BCUT2D eigenvalue weighted by molar-refractivity contribution is 6.30. The predicted molar refractivity (Wildman–Crippen MR) is 72.5 cm³/mol. The van der Waals surface area contributed by atoms with Crippen molar-refractivity contribution >= 4 is 11.6 Å². The molecule has 0 saturated heterocycles. The number of hydrogen-bond donors (Lipinski definition) is 1. The maximum Gasteiger partial charge on any atom is 0.164 e. The van der Waals surface area contributed by atoms with Crippen molar-refractivity contribution in [3.05, 3.63) is 46.8 Å². The van der Waals surface area contributed by atoms with Crippen LogP contribution in [-0.4, -0.2) is 20.8 Å². The first-order chi connectivity index (χ1) is 9.04. The van der Waals surface area contributed by atoms with Crippen LogP contribution in [0.25, 0.3) is 0 Å². The summed E-state index contributed by atoms with van der Waals surface area (Å²) in [5.74, 6) is 0.309. The molecule has 0 aliphatic rings. The lowest BCUT2D eigenvalue weighted by Gasteiger charge is -2.04. The van der Waals surface area contributed by atoms with E-state index in [4.69, 9.17) is 11.6 Å². The van der Waals surface area contributed by atoms with Crippen LogP contribution in [0.2, 0.25) is 5.02 Å². The van der Waals surface area contributed by atoms with E-state index < -0.39 is 5.82 Å². The lowest BCUT2D eigenvalue weighted by molar-refractivity contribution is 0.564. The van der Waals surface area contributed by atoms with E-state index in [2.05, 4.69) is 29.2 Å². The molecule has 102 valence electrons. The average molecular weight is 283 g/mol. The van der Waals surface area contributed by atoms with E-state index in [1.807, 2.05) is 0 Å². The first kappa shape index (κ1) is 14.0. The zero-order valence-electron chi connectivity index (χ0n) is 10.9. The van der Waals surface area contributed by atoms with Gasteiger partial charge in [-0.05, 0) is 17.7 Å². The van der Waals surface area contributed by atoms with Gasteiger partial charge in [-0.2, -0.15) is 5.10 Å². The molecule has 1 N–H and O–H groups in total. The van der Waals surface area contributed by atoms with Crippen molar-refractivity contribution in [2.24, 2.45) is 0 Å². The number of halogens is 2. The highest BCUT2D eigenvalue weighted by atomic mass is 35.5. The molecule has 0 aliphatic heterocycles. The molecule has 6 heteroatoms. The zero-order valence-corrected chi connectivity index (χ0v) is 11.7. The number of nitrogens with zero attached hydrogens (tertiary/aromatic N) is 3. The summed E-state index contributed by atoms with van der Waals surface area (Å²) in [6.07, 6.45) is 1.64. The molecule has 0 aliphatic carbocycles. The van der Waals surface area contributed by atoms with Gasteiger partial charge >= 0.3 is 0 Å². The number of benzene rings is 1. The lowest BCUT2D eigenvalue weighted by Crippen LogP contribution is -2.22. The summed E-state index contributed by atoms with van der Waals surface area (Å²) in [6, 6.07) is 5.12. The molecule has 0 fully saturated rings. The molecule has 0 unspecified atom stereocenters. The molecular weight excluding hydrogens is 267 g/mol. The van der Waals surface area contributed by atoms with Crippen molar-refractivity contribution in [2.75, 3.05) is 0 Å². The first-order valence-electron chi connectivity index (χ1n) is 6.10. The monoisotopic (exact) mass is 282 g/mol. The fourth-order valence-electron chi connectivity index (χ4n) is 1.61. The van der Waals surface area contributed by atoms with Gasteiger partial charge in [0.25, 0.3) is 0 Å². The molecule has 0 bridgehead atoms. The Kier molecular flexibility index (Phi) is 4.50. The quantitative estimate of drug-likeness (QED) is 0.917. The molecule has 0 spiro atoms. The van der Waals surface area contributed by atoms with Crippen molar-refractivity contribution in [1.82, 2.24) is 20.1 Å². The Morgan fingerprint density at radius 2 is 2.21 bits per heavy atom. The van der Waals surface area contributed by atoms with Crippen molar-refractivity contribution in [3.63, 3.8) is 0 Å². The van der Waals surface area contributed by atoms with Crippen molar-refractivity contribution < 1.29 is 4.39 Å². The lowest BCUT2D eigenvalue weighted by atomic mass is 10.2. The molecular formula is C13H16ClFN4. The van der Waals surface area contributed by atoms with E-state index in [9.17, 15) is 4.39 Å². The zero-order chi connectivity index (χ0) is 13.8. The Labute approximate surface area is 116 Å². The summed E-state index contributed by atoms with van der Waals surface area (Å²) >= 11 is 5.64. The molecule has 0 radical (unpaired) electrons. The van der Waals surface area contributed by atoms with E-state index >= 15 is 0 Å². The minimum absolute atomic E-state index is 0.129. The summed E-state index contributed by atoms with van der Waals surface area (Å²) in [7, 11) is 0. The normalized spacial score (nSPS) is 11.2. The summed E-state index contributed by atoms with van der Waals surface area (Å²) in [5, 5.41) is 7.69. The smallest absolute Gasteiger partial charge is 0.164 e. The van der Waals surface area contributed by atoms with Crippen LogP contribution in [0.4, 0.5) is 4.39 Å². The van der Waals surface area contributed by atoms with Gasteiger partial charge in [-0.25, -0.2) is 14.1 Å². The van der Waals surface area contributed by atoms with Crippen LogP contribution < -0.4 is 5.32 Å². The highest BCUT2D eigenvalue weighted by Gasteiger charge is 2.05. The van der Waals surface area contributed by atoms with E-state index in [0.29, 0.717) is 19.1 Å². The van der Waals surface area contributed by atoms with Gasteiger partial charge < -0.3 is 5.32 Å². The van der Waals surface area contributed by atoms with Crippen LogP contribution in [0, 0.1) is 5.82 Å². The van der Waals surface area contributed by atoms with Crippen LogP contribution in [-0.2, 0) is 13.1 Å². The number of nitrogens with one attached hydrogen (secondary N) is 1. The predicted octanol–water partition coefficient (Wildman–Crippen LogP) is 2.62. The first-order valence-corrected chi connectivity index (χ1v) is 6.48. The minimum atomic E-state index is -0.416. The SMILES string of the molecule is CC(C)NCc1ncn(Cc2ccc(Cl)c(F)c2)n1. The molecule has 1 aromatic heterocycles. The van der Waals surface area contributed by atoms with Crippen LogP contribution in [0.3, 0.4) is 0 Å². The molecule has 1 aromatic carbocycles. The Hall–Kier alpha value is -1.46. The maximum absolute atomic E-state index is 13.3. The van der Waals surface area contributed by atoms with Crippen molar-refractivity contribution in [1.29, 1.82) is 0 Å². The number of aromatic nitrogens is 3. The van der Waals surface area contributed by atoms with Crippen LogP contribution in [0.1, 0.15) is 25.2 Å². The topological polar surface area (TPSA) is 42.7 Å². The summed E-state index contributed by atoms with van der Waals surface area (Å²) in [6.45, 7) is 5.23. The Bertz CT molecular complexity index is 553. The van der Waals surface area contributed by atoms with Gasteiger partial charge in [0.2, 0.25) is 0 Å². The van der Waals surface area contributed by atoms with Crippen molar-refractivity contribution in [2.45, 2.75) is 33.0 Å². The molecule has 2 aromatic rings. The summed E-state index contributed by atoms with van der Waals surface area (Å²) in [5.41, 5.74) is 0.801. The Morgan fingerprint density at radius 1 is 1.42 bits per heavy atom. The Balaban J connectivity index is 2.01. The standard InChI is InChI=1S/C13H16ClFN4/c1-9(2)16-6-13-17-8-19(18-13)7-10-3-4-11(14)12(15)5-10/h3-5,8-9,16H,6-7H2,1-2H3. The van der Waals surface area contributed by atoms with Gasteiger partial charge in [0.15, 0.2) is 5.82 Å². The largest absolute Gasteiger partial charge is 0.308 e. The van der Waals surface area contributed by atoms with Crippen LogP contribution in [0.15, 0.2) is 24.5 Å². The van der Waals surface area contributed by atoms with Crippen LogP contribution >= 0.6 is 11.6 Å². The van der Waals surface area contributed by atoms with E-state index in [1.165, 1.54) is 6.07 Å². The van der Waals surface area contributed by atoms with Gasteiger partial charge in [-0.15, -0.1) is 0 Å². The van der Waals surface area contributed by atoms with Gasteiger partial charge in [-0.3, -0.25) is 0 Å². The molecule has 19 heavy (non-hydrogen) atoms. The molecule has 1 heterocycles. The maximum atomic E-state index is 13.3. The number of hydrogen-bond acceptors (Lipinski definition) is 3. The van der Waals surface area contributed by atoms with E-state index in [0.717, 1.165) is 11.4 Å². The third-order valence-electron chi connectivity index (χ3n) is 2.58. The number of rotatable bonds is 5. The average Bonchev–Trinajstić information content (AvgIpc) is 2.79. The second-order valence-corrected chi connectivity index (χ2v) is 5.05. The van der Waals surface area contributed by atoms with E-state index in [1.54, 1.807) is 23.1 Å². The van der Waals surface area contributed by atoms with Crippen LogP contribution in [0.5, 0.6) is 0 Å². The second-order valence-electron chi connectivity index (χ2n) is 4.64. The van der Waals surface area contributed by atoms with E-state index in [-0.39, 0.29) is 5.02 Å². The summed E-state index contributed by atoms with van der Waals surface area (Å²) < 4.78 is 15.0. The fourth-order valence-corrected chi connectivity index (χ4v) is 1.73. The van der Waals surface area contributed by atoms with Gasteiger partial charge in [0.1, 0.15) is 12.1 Å². The third-order valence-corrected chi connectivity index (χ3v) is 2.89. The molecule has 2 rings (SSSR count). The molecule has 0 amide bonds. The molecule has 4 nitrogen and oxygen atoms in total. The fraction of sp³-hybridized carbons (Fsp3) is 0.385. The Morgan fingerprint density at radius 3 is 2.89 bits per heavy atom. The second kappa shape index (κ2) is 6.12. The van der Waals surface area contributed by atoms with Gasteiger partial charge in [0.05, 0.1) is 18.1 Å². The molecule has 0 saturated carbocycles.